The van der Waals surface area contributed by atoms with Crippen molar-refractivity contribution in [3.63, 3.8) is 0 Å². The first-order valence-corrected chi connectivity index (χ1v) is 7.54. The van der Waals surface area contributed by atoms with Crippen LogP contribution in [0.2, 0.25) is 10.0 Å². The van der Waals surface area contributed by atoms with E-state index in [-0.39, 0.29) is 11.6 Å². The van der Waals surface area contributed by atoms with Gasteiger partial charge in [0, 0.05) is 22.3 Å². The van der Waals surface area contributed by atoms with Crippen molar-refractivity contribution in [1.82, 2.24) is 10.2 Å². The molecule has 1 heterocycles. The normalized spacial score (nSPS) is 10.6. The third-order valence-electron chi connectivity index (χ3n) is 2.71. The summed E-state index contributed by atoms with van der Waals surface area (Å²) in [5.74, 6) is 0.759. The van der Waals surface area contributed by atoms with Crippen molar-refractivity contribution in [2.45, 2.75) is 13.8 Å². The molecule has 2 aromatic rings. The molecule has 1 amide bonds. The van der Waals surface area contributed by atoms with Gasteiger partial charge in [-0.05, 0) is 36.2 Å². The zero-order valence-electron chi connectivity index (χ0n) is 12.2. The Morgan fingerprint density at radius 3 is 2.36 bits per heavy atom. The first-order valence-electron chi connectivity index (χ1n) is 6.79. The summed E-state index contributed by atoms with van der Waals surface area (Å²) >= 11 is 11.8. The van der Waals surface area contributed by atoms with Crippen molar-refractivity contribution in [3.05, 3.63) is 46.1 Å². The molecule has 0 aliphatic carbocycles. The van der Waals surface area contributed by atoms with Gasteiger partial charge in [0.2, 0.25) is 0 Å². The van der Waals surface area contributed by atoms with Crippen molar-refractivity contribution >= 4 is 40.6 Å². The lowest BCUT2D eigenvalue weighted by Gasteiger charge is -2.08. The van der Waals surface area contributed by atoms with Gasteiger partial charge in [0.25, 0.3) is 5.91 Å². The molecule has 116 valence electrons. The first kappa shape index (κ1) is 16.5. The second kappa shape index (κ2) is 7.42. The number of halogens is 2. The van der Waals surface area contributed by atoms with E-state index in [1.807, 2.05) is 0 Å². The summed E-state index contributed by atoms with van der Waals surface area (Å²) in [5, 5.41) is 14.6. The second-order valence-electron chi connectivity index (χ2n) is 5.19. The van der Waals surface area contributed by atoms with E-state index in [0.717, 1.165) is 6.54 Å². The van der Waals surface area contributed by atoms with Crippen LogP contribution < -0.4 is 10.6 Å². The molecule has 1 aromatic heterocycles. The number of nitrogens with one attached hydrogen (secondary N) is 2. The third kappa shape index (κ3) is 4.86. The Hall–Kier alpha value is -1.85. The molecule has 0 aliphatic heterocycles. The van der Waals surface area contributed by atoms with E-state index in [9.17, 15) is 4.79 Å². The van der Waals surface area contributed by atoms with Crippen molar-refractivity contribution in [1.29, 1.82) is 0 Å². The minimum atomic E-state index is -0.374. The lowest BCUT2D eigenvalue weighted by atomic mass is 10.2. The summed E-state index contributed by atoms with van der Waals surface area (Å²) in [7, 11) is 0. The number of anilines is 2. The van der Waals surface area contributed by atoms with Crippen molar-refractivity contribution in [3.8, 4) is 0 Å². The van der Waals surface area contributed by atoms with Gasteiger partial charge in [-0.3, -0.25) is 4.79 Å². The Kier molecular flexibility index (Phi) is 5.57. The summed E-state index contributed by atoms with van der Waals surface area (Å²) in [6.07, 6.45) is 0. The topological polar surface area (TPSA) is 66.9 Å². The molecule has 2 N–H and O–H groups in total. The van der Waals surface area contributed by atoms with Crippen LogP contribution in [0.5, 0.6) is 0 Å². The summed E-state index contributed by atoms with van der Waals surface area (Å²) in [6, 6.07) is 8.13. The van der Waals surface area contributed by atoms with E-state index in [0.29, 0.717) is 27.5 Å². The Labute approximate surface area is 139 Å². The average Bonchev–Trinajstić information content (AvgIpc) is 2.44. The molecule has 0 aliphatic rings. The van der Waals surface area contributed by atoms with Crippen molar-refractivity contribution in [2.75, 3.05) is 17.2 Å². The number of hydrogen-bond donors (Lipinski definition) is 2. The standard InChI is InChI=1S/C15H16Cl2N4O/c1-9(2)8-18-14-4-3-13(20-21-14)15(22)19-12-6-10(16)5-11(17)7-12/h3-7,9H,8H2,1-2H3,(H,18,21)(H,19,22). The average molecular weight is 339 g/mol. The molecule has 1 aromatic carbocycles. The van der Waals surface area contributed by atoms with E-state index in [1.165, 1.54) is 0 Å². The summed E-state index contributed by atoms with van der Waals surface area (Å²) in [6.45, 7) is 4.98. The van der Waals surface area contributed by atoms with Crippen LogP contribution in [0.25, 0.3) is 0 Å². The number of benzene rings is 1. The van der Waals surface area contributed by atoms with Crippen LogP contribution in [0.3, 0.4) is 0 Å². The highest BCUT2D eigenvalue weighted by Crippen LogP contribution is 2.22. The van der Waals surface area contributed by atoms with E-state index in [1.54, 1.807) is 30.3 Å². The molecule has 0 radical (unpaired) electrons. The van der Waals surface area contributed by atoms with Crippen LogP contribution in [-0.4, -0.2) is 22.6 Å². The number of carbonyl (C=O) groups excluding carboxylic acids is 1. The van der Waals surface area contributed by atoms with E-state index in [4.69, 9.17) is 23.2 Å². The zero-order chi connectivity index (χ0) is 16.1. The maximum Gasteiger partial charge on any atom is 0.276 e. The van der Waals surface area contributed by atoms with Gasteiger partial charge in [0.1, 0.15) is 5.82 Å². The molecular weight excluding hydrogens is 323 g/mol. The van der Waals surface area contributed by atoms with Crippen LogP contribution in [0.1, 0.15) is 24.3 Å². The highest BCUT2D eigenvalue weighted by Gasteiger charge is 2.10. The van der Waals surface area contributed by atoms with Crippen LogP contribution >= 0.6 is 23.2 Å². The van der Waals surface area contributed by atoms with E-state index < -0.39 is 0 Å². The number of amides is 1. The van der Waals surface area contributed by atoms with Crippen LogP contribution in [-0.2, 0) is 0 Å². The fourth-order valence-corrected chi connectivity index (χ4v) is 2.20. The molecule has 0 unspecified atom stereocenters. The zero-order valence-corrected chi connectivity index (χ0v) is 13.7. The van der Waals surface area contributed by atoms with Gasteiger partial charge in [-0.2, -0.15) is 0 Å². The highest BCUT2D eigenvalue weighted by molar-refractivity contribution is 6.35. The van der Waals surface area contributed by atoms with Gasteiger partial charge < -0.3 is 10.6 Å². The summed E-state index contributed by atoms with van der Waals surface area (Å²) < 4.78 is 0. The Bertz CT molecular complexity index is 639. The number of rotatable bonds is 5. The number of nitrogens with zero attached hydrogens (tertiary/aromatic N) is 2. The third-order valence-corrected chi connectivity index (χ3v) is 3.15. The van der Waals surface area contributed by atoms with Crippen LogP contribution in [0, 0.1) is 5.92 Å². The SMILES string of the molecule is CC(C)CNc1ccc(C(=O)Nc2cc(Cl)cc(Cl)c2)nn1. The molecular formula is C15H16Cl2N4O. The lowest BCUT2D eigenvalue weighted by Crippen LogP contribution is -2.15. The van der Waals surface area contributed by atoms with E-state index in [2.05, 4.69) is 34.7 Å². The largest absolute Gasteiger partial charge is 0.368 e. The predicted molar refractivity (Wildman–Crippen MR) is 89.8 cm³/mol. The van der Waals surface area contributed by atoms with Gasteiger partial charge in [-0.25, -0.2) is 0 Å². The molecule has 2 rings (SSSR count). The molecule has 7 heteroatoms. The van der Waals surface area contributed by atoms with Gasteiger partial charge in [0.05, 0.1) is 0 Å². The van der Waals surface area contributed by atoms with Gasteiger partial charge in [-0.15, -0.1) is 10.2 Å². The molecule has 0 spiro atoms. The predicted octanol–water partition coefficient (Wildman–Crippen LogP) is 4.10. The fraction of sp³-hybridized carbons (Fsp3) is 0.267. The Balaban J connectivity index is 2.03. The molecule has 0 fully saturated rings. The molecule has 0 atom stereocenters. The molecule has 5 nitrogen and oxygen atoms in total. The minimum absolute atomic E-state index is 0.214. The van der Waals surface area contributed by atoms with Crippen LogP contribution in [0.15, 0.2) is 30.3 Å². The summed E-state index contributed by atoms with van der Waals surface area (Å²) in [5.41, 5.74) is 0.720. The molecule has 0 bridgehead atoms. The summed E-state index contributed by atoms with van der Waals surface area (Å²) in [4.78, 5) is 12.1. The minimum Gasteiger partial charge on any atom is -0.368 e. The Morgan fingerprint density at radius 1 is 1.14 bits per heavy atom. The number of aromatic nitrogens is 2. The maximum absolute atomic E-state index is 12.1. The smallest absolute Gasteiger partial charge is 0.276 e. The van der Waals surface area contributed by atoms with Gasteiger partial charge in [0.15, 0.2) is 5.69 Å². The number of carbonyl (C=O) groups is 1. The Morgan fingerprint density at radius 2 is 1.82 bits per heavy atom. The monoisotopic (exact) mass is 338 g/mol. The van der Waals surface area contributed by atoms with Gasteiger partial charge in [-0.1, -0.05) is 37.0 Å². The molecule has 0 saturated heterocycles. The van der Waals surface area contributed by atoms with Crippen molar-refractivity contribution < 1.29 is 4.79 Å². The highest BCUT2D eigenvalue weighted by atomic mass is 35.5. The quantitative estimate of drug-likeness (QED) is 0.860. The second-order valence-corrected chi connectivity index (χ2v) is 6.06. The molecule has 0 saturated carbocycles. The molecule has 22 heavy (non-hydrogen) atoms. The first-order chi connectivity index (χ1) is 10.4. The maximum atomic E-state index is 12.1. The number of hydrogen-bond acceptors (Lipinski definition) is 4. The van der Waals surface area contributed by atoms with E-state index >= 15 is 0 Å². The van der Waals surface area contributed by atoms with Crippen molar-refractivity contribution in [2.24, 2.45) is 5.92 Å². The lowest BCUT2D eigenvalue weighted by molar-refractivity contribution is 0.102. The van der Waals surface area contributed by atoms with Gasteiger partial charge >= 0.3 is 0 Å². The van der Waals surface area contributed by atoms with Crippen LogP contribution in [0.4, 0.5) is 11.5 Å². The fourth-order valence-electron chi connectivity index (χ4n) is 1.68.